The van der Waals surface area contributed by atoms with Crippen LogP contribution in [-0.2, 0) is 0 Å². The summed E-state index contributed by atoms with van der Waals surface area (Å²) < 4.78 is 1.82. The third-order valence-electron chi connectivity index (χ3n) is 6.35. The maximum atomic E-state index is 12.8. The highest BCUT2D eigenvalue weighted by Crippen LogP contribution is 2.25. The molecule has 0 aliphatic carbocycles. The predicted octanol–water partition coefficient (Wildman–Crippen LogP) is 4.39. The molecule has 1 aliphatic heterocycles. The van der Waals surface area contributed by atoms with Gasteiger partial charge in [-0.25, -0.2) is 4.98 Å². The third-order valence-corrected chi connectivity index (χ3v) is 6.35. The molecule has 1 fully saturated rings. The number of nitrogens with zero attached hydrogens (tertiary/aromatic N) is 4. The molecule has 2 N–H and O–H groups in total. The Labute approximate surface area is 189 Å². The molecule has 1 aliphatic rings. The van der Waals surface area contributed by atoms with Gasteiger partial charge in [-0.3, -0.25) is 9.36 Å². The lowest BCUT2D eigenvalue weighted by Crippen LogP contribution is -2.54. The van der Waals surface area contributed by atoms with Crippen LogP contribution in [0.15, 0.2) is 41.3 Å². The van der Waals surface area contributed by atoms with E-state index in [1.165, 1.54) is 5.69 Å². The minimum Gasteiger partial charge on any atom is -0.368 e. The summed E-state index contributed by atoms with van der Waals surface area (Å²) in [6.45, 7) is 12.6. The van der Waals surface area contributed by atoms with Gasteiger partial charge < -0.3 is 15.5 Å². The molecular weight excluding hydrogens is 400 g/mol. The molecule has 2 atom stereocenters. The van der Waals surface area contributed by atoms with Gasteiger partial charge in [-0.05, 0) is 63.4 Å². The number of rotatable bonds is 6. The van der Waals surface area contributed by atoms with Gasteiger partial charge in [0.25, 0.3) is 5.56 Å². The average Bonchev–Trinajstić information content (AvgIpc) is 2.76. The van der Waals surface area contributed by atoms with Crippen molar-refractivity contribution in [3.05, 3.63) is 52.4 Å². The second-order valence-corrected chi connectivity index (χ2v) is 8.98. The second kappa shape index (κ2) is 9.28. The molecule has 0 spiro atoms. The normalized spacial score (nSPS) is 19.0. The largest absolute Gasteiger partial charge is 0.368 e. The van der Waals surface area contributed by atoms with E-state index in [0.29, 0.717) is 23.7 Å². The number of fused-ring (bicyclic) bond motifs is 1. The maximum absolute atomic E-state index is 12.8. The lowest BCUT2D eigenvalue weighted by atomic mass is 10.1. The van der Waals surface area contributed by atoms with Crippen LogP contribution in [0.5, 0.6) is 0 Å². The average molecular weight is 435 g/mol. The van der Waals surface area contributed by atoms with Crippen molar-refractivity contribution in [2.24, 2.45) is 0 Å². The van der Waals surface area contributed by atoms with Crippen LogP contribution in [0, 0.1) is 6.92 Å². The van der Waals surface area contributed by atoms with Crippen molar-refractivity contribution in [1.29, 1.82) is 0 Å². The molecule has 0 radical (unpaired) electrons. The summed E-state index contributed by atoms with van der Waals surface area (Å²) >= 11 is 0. The summed E-state index contributed by atoms with van der Waals surface area (Å²) in [5, 5.41) is 7.80. The van der Waals surface area contributed by atoms with Crippen LogP contribution in [0.3, 0.4) is 0 Å². The number of nitrogens with one attached hydrogen (secondary N) is 2. The molecule has 1 saturated heterocycles. The highest BCUT2D eigenvalue weighted by molar-refractivity contribution is 5.79. The molecule has 7 heteroatoms. The highest BCUT2D eigenvalue weighted by atomic mass is 16.1. The van der Waals surface area contributed by atoms with E-state index < -0.39 is 0 Å². The van der Waals surface area contributed by atoms with Crippen LogP contribution in [0.25, 0.3) is 11.0 Å². The fraction of sp³-hybridized carbons (Fsp3) is 0.480. The Balaban J connectivity index is 1.62. The molecule has 4 rings (SSSR count). The summed E-state index contributed by atoms with van der Waals surface area (Å²) in [5.41, 5.74) is 3.74. The Kier molecular flexibility index (Phi) is 6.46. The first kappa shape index (κ1) is 22.3. The summed E-state index contributed by atoms with van der Waals surface area (Å²) in [4.78, 5) is 24.5. The Bertz CT molecular complexity index is 1130. The molecule has 1 aromatic carbocycles. The Morgan fingerprint density at radius 1 is 1.12 bits per heavy atom. The van der Waals surface area contributed by atoms with Crippen LogP contribution in [0.1, 0.15) is 52.1 Å². The second-order valence-electron chi connectivity index (χ2n) is 8.98. The van der Waals surface area contributed by atoms with E-state index in [4.69, 9.17) is 4.98 Å². The van der Waals surface area contributed by atoms with Gasteiger partial charge >= 0.3 is 0 Å². The van der Waals surface area contributed by atoms with Crippen LogP contribution >= 0.6 is 0 Å². The maximum Gasteiger partial charge on any atom is 0.252 e. The van der Waals surface area contributed by atoms with E-state index >= 15 is 0 Å². The van der Waals surface area contributed by atoms with Crippen molar-refractivity contribution >= 4 is 28.4 Å². The van der Waals surface area contributed by atoms with Crippen molar-refractivity contribution < 1.29 is 0 Å². The Morgan fingerprint density at radius 2 is 1.78 bits per heavy atom. The number of aromatic nitrogens is 3. The lowest BCUT2D eigenvalue weighted by Gasteiger charge is -2.37. The summed E-state index contributed by atoms with van der Waals surface area (Å²) in [6.07, 6.45) is 3.58. The van der Waals surface area contributed by atoms with Gasteiger partial charge in [-0.15, -0.1) is 0 Å². The summed E-state index contributed by atoms with van der Waals surface area (Å²) in [5.74, 6) is 0.499. The minimum absolute atomic E-state index is 0.00261. The molecule has 170 valence electrons. The standard InChI is InChI=1S/C25H34N6O/c1-6-20(7-2)31-23(32)12-16(3)22-13-26-25(29-24(22)31)28-19-8-10-21(11-9-19)30-14-17(4)27-18(5)15-30/h8-13,17-18,20,27H,6-7,14-15H2,1-5H3,(H,26,28,29). The zero-order valence-corrected chi connectivity index (χ0v) is 19.7. The van der Waals surface area contributed by atoms with Crippen LogP contribution in [-0.4, -0.2) is 39.7 Å². The lowest BCUT2D eigenvalue weighted by molar-refractivity contribution is 0.407. The van der Waals surface area contributed by atoms with Gasteiger partial charge in [-0.2, -0.15) is 4.98 Å². The van der Waals surface area contributed by atoms with Gasteiger partial charge in [0.2, 0.25) is 5.95 Å². The molecule has 7 nitrogen and oxygen atoms in total. The first-order valence-electron chi connectivity index (χ1n) is 11.7. The number of hydrogen-bond acceptors (Lipinski definition) is 6. The molecular formula is C25H34N6O. The fourth-order valence-corrected chi connectivity index (χ4v) is 4.76. The van der Waals surface area contributed by atoms with E-state index in [2.05, 4.69) is 72.5 Å². The number of piperazine rings is 1. The van der Waals surface area contributed by atoms with Crippen LogP contribution in [0.4, 0.5) is 17.3 Å². The molecule has 3 aromatic rings. The summed E-state index contributed by atoms with van der Waals surface area (Å²) in [6, 6.07) is 11.1. The molecule has 0 saturated carbocycles. The molecule has 0 bridgehead atoms. The predicted molar refractivity (Wildman–Crippen MR) is 132 cm³/mol. The van der Waals surface area contributed by atoms with Crippen molar-refractivity contribution in [1.82, 2.24) is 19.9 Å². The number of benzene rings is 1. The molecule has 2 unspecified atom stereocenters. The smallest absolute Gasteiger partial charge is 0.252 e. The molecule has 0 amide bonds. The minimum atomic E-state index is -0.00261. The van der Waals surface area contributed by atoms with Gasteiger partial charge in [0, 0.05) is 60.2 Å². The van der Waals surface area contributed by atoms with Crippen molar-refractivity contribution in [2.75, 3.05) is 23.3 Å². The summed E-state index contributed by atoms with van der Waals surface area (Å²) in [7, 11) is 0. The van der Waals surface area contributed by atoms with Gasteiger partial charge in [0.05, 0.1) is 0 Å². The van der Waals surface area contributed by atoms with E-state index in [9.17, 15) is 4.79 Å². The van der Waals surface area contributed by atoms with E-state index in [0.717, 1.165) is 42.6 Å². The Hall–Kier alpha value is -2.93. The van der Waals surface area contributed by atoms with Crippen LogP contribution < -0.4 is 21.1 Å². The number of hydrogen-bond donors (Lipinski definition) is 2. The molecule has 32 heavy (non-hydrogen) atoms. The van der Waals surface area contributed by atoms with E-state index in [1.807, 2.05) is 17.7 Å². The van der Waals surface area contributed by atoms with E-state index in [-0.39, 0.29) is 11.6 Å². The molecule has 3 heterocycles. The monoisotopic (exact) mass is 434 g/mol. The van der Waals surface area contributed by atoms with Gasteiger partial charge in [0.1, 0.15) is 5.65 Å². The first-order chi connectivity index (χ1) is 15.4. The zero-order valence-electron chi connectivity index (χ0n) is 19.7. The number of pyridine rings is 1. The van der Waals surface area contributed by atoms with Crippen molar-refractivity contribution in [2.45, 2.75) is 65.6 Å². The zero-order chi connectivity index (χ0) is 22.8. The van der Waals surface area contributed by atoms with Crippen LogP contribution in [0.2, 0.25) is 0 Å². The molecule has 2 aromatic heterocycles. The van der Waals surface area contributed by atoms with Crippen molar-refractivity contribution in [3.8, 4) is 0 Å². The highest BCUT2D eigenvalue weighted by Gasteiger charge is 2.21. The first-order valence-corrected chi connectivity index (χ1v) is 11.7. The topological polar surface area (TPSA) is 75.1 Å². The SMILES string of the molecule is CCC(CC)n1c(=O)cc(C)c2cnc(Nc3ccc(N4CC(C)NC(C)C4)cc3)nc21. The Morgan fingerprint density at radius 3 is 2.41 bits per heavy atom. The van der Waals surface area contributed by atoms with Gasteiger partial charge in [0.15, 0.2) is 0 Å². The van der Waals surface area contributed by atoms with E-state index in [1.54, 1.807) is 6.07 Å². The number of anilines is 3. The third kappa shape index (κ3) is 4.48. The quantitative estimate of drug-likeness (QED) is 0.599. The fourth-order valence-electron chi connectivity index (χ4n) is 4.76. The van der Waals surface area contributed by atoms with Crippen molar-refractivity contribution in [3.63, 3.8) is 0 Å². The van der Waals surface area contributed by atoms with Gasteiger partial charge in [-0.1, -0.05) is 13.8 Å². The number of aryl methyl sites for hydroxylation is 1.